The van der Waals surface area contributed by atoms with E-state index in [1.807, 2.05) is 36.1 Å². The highest BCUT2D eigenvalue weighted by Gasteiger charge is 2.25. The smallest absolute Gasteiger partial charge is 0.253 e. The van der Waals surface area contributed by atoms with Crippen molar-refractivity contribution in [2.75, 3.05) is 13.1 Å². The maximum Gasteiger partial charge on any atom is 0.253 e. The first-order valence-electron chi connectivity index (χ1n) is 6.94. The second kappa shape index (κ2) is 7.06. The Labute approximate surface area is 133 Å². The van der Waals surface area contributed by atoms with E-state index in [0.717, 1.165) is 23.0 Å². The summed E-state index contributed by atoms with van der Waals surface area (Å²) in [7, 11) is 0. The van der Waals surface area contributed by atoms with Gasteiger partial charge >= 0.3 is 0 Å². The molecule has 1 atom stereocenters. The third-order valence-corrected chi connectivity index (χ3v) is 4.21. The summed E-state index contributed by atoms with van der Waals surface area (Å²) in [5.74, 6) is 0.107. The van der Waals surface area contributed by atoms with Crippen LogP contribution in [0.15, 0.2) is 24.3 Å². The first-order chi connectivity index (χ1) is 9.60. The topological polar surface area (TPSA) is 49.4 Å². The van der Waals surface area contributed by atoms with Gasteiger partial charge in [0.15, 0.2) is 0 Å². The lowest BCUT2D eigenvalue weighted by Crippen LogP contribution is -2.49. The molecule has 1 N–H and O–H groups in total. The third-order valence-electron chi connectivity index (χ3n) is 3.49. The van der Waals surface area contributed by atoms with Gasteiger partial charge in [-0.25, -0.2) is 0 Å². The molecule has 2 rings (SSSR count). The molecule has 108 valence electrons. The van der Waals surface area contributed by atoms with Gasteiger partial charge in [0.25, 0.3) is 5.91 Å². The number of nitrogens with zero attached hydrogens (tertiary/aromatic N) is 1. The van der Waals surface area contributed by atoms with Gasteiger partial charge in [0.1, 0.15) is 0 Å². The molecular weight excluding hydrogens is 367 g/mol. The molecular formula is C15H19IN2O2. The van der Waals surface area contributed by atoms with Crippen molar-refractivity contribution < 1.29 is 9.59 Å². The van der Waals surface area contributed by atoms with E-state index < -0.39 is 0 Å². The van der Waals surface area contributed by atoms with Crippen LogP contribution in [-0.4, -0.2) is 35.8 Å². The minimum Gasteiger partial charge on any atom is -0.352 e. The molecule has 0 bridgehead atoms. The van der Waals surface area contributed by atoms with Crippen LogP contribution < -0.4 is 5.32 Å². The molecule has 1 unspecified atom stereocenters. The van der Waals surface area contributed by atoms with Crippen LogP contribution >= 0.6 is 22.6 Å². The van der Waals surface area contributed by atoms with E-state index >= 15 is 0 Å². The summed E-state index contributed by atoms with van der Waals surface area (Å²) in [6.07, 6.45) is 2.37. The molecule has 5 heteroatoms. The standard InChI is InChI=1S/C15H19IN2O2/c1-2-14(19)17-13-4-3-9-18(10-13)15(20)11-5-7-12(16)8-6-11/h5-8,13H,2-4,9-10H2,1H3,(H,17,19). The average molecular weight is 386 g/mol. The van der Waals surface area contributed by atoms with Crippen molar-refractivity contribution >= 4 is 34.4 Å². The van der Waals surface area contributed by atoms with Crippen molar-refractivity contribution in [2.45, 2.75) is 32.2 Å². The Kier molecular flexibility index (Phi) is 5.39. The van der Waals surface area contributed by atoms with E-state index in [1.54, 1.807) is 0 Å². The largest absolute Gasteiger partial charge is 0.352 e. The number of benzene rings is 1. The summed E-state index contributed by atoms with van der Waals surface area (Å²) in [4.78, 5) is 25.7. The zero-order valence-corrected chi connectivity index (χ0v) is 13.7. The summed E-state index contributed by atoms with van der Waals surface area (Å²) in [6.45, 7) is 3.21. The van der Waals surface area contributed by atoms with Gasteiger partial charge in [-0.1, -0.05) is 6.92 Å². The number of piperidine rings is 1. The van der Waals surface area contributed by atoms with Crippen LogP contribution in [0.3, 0.4) is 0 Å². The molecule has 0 spiro atoms. The number of carbonyl (C=O) groups excluding carboxylic acids is 2. The van der Waals surface area contributed by atoms with Crippen molar-refractivity contribution in [1.29, 1.82) is 0 Å². The summed E-state index contributed by atoms with van der Waals surface area (Å²) in [5.41, 5.74) is 0.716. The van der Waals surface area contributed by atoms with E-state index in [4.69, 9.17) is 0 Å². The quantitative estimate of drug-likeness (QED) is 0.812. The van der Waals surface area contributed by atoms with Gasteiger partial charge < -0.3 is 10.2 Å². The fourth-order valence-corrected chi connectivity index (χ4v) is 2.74. The Morgan fingerprint density at radius 2 is 2.05 bits per heavy atom. The summed E-state index contributed by atoms with van der Waals surface area (Å²) < 4.78 is 1.12. The lowest BCUT2D eigenvalue weighted by atomic mass is 10.0. The van der Waals surface area contributed by atoms with Crippen LogP contribution in [0, 0.1) is 3.57 Å². The number of rotatable bonds is 3. The molecule has 0 aliphatic carbocycles. The number of nitrogens with one attached hydrogen (secondary N) is 1. The second-order valence-electron chi connectivity index (χ2n) is 5.02. The van der Waals surface area contributed by atoms with E-state index in [2.05, 4.69) is 27.9 Å². The Bertz CT molecular complexity index is 487. The maximum absolute atomic E-state index is 12.4. The van der Waals surface area contributed by atoms with Gasteiger partial charge in [-0.3, -0.25) is 9.59 Å². The van der Waals surface area contributed by atoms with Crippen LogP contribution in [-0.2, 0) is 4.79 Å². The number of amides is 2. The highest BCUT2D eigenvalue weighted by Crippen LogP contribution is 2.15. The first kappa shape index (κ1) is 15.3. The first-order valence-corrected chi connectivity index (χ1v) is 8.02. The lowest BCUT2D eigenvalue weighted by Gasteiger charge is -2.33. The molecule has 20 heavy (non-hydrogen) atoms. The number of halogens is 1. The Hall–Kier alpha value is -1.11. The number of hydrogen-bond acceptors (Lipinski definition) is 2. The molecule has 1 aromatic rings. The third kappa shape index (κ3) is 3.94. The highest BCUT2D eigenvalue weighted by atomic mass is 127. The highest BCUT2D eigenvalue weighted by molar-refractivity contribution is 14.1. The van der Waals surface area contributed by atoms with E-state index in [-0.39, 0.29) is 17.9 Å². The fraction of sp³-hybridized carbons (Fsp3) is 0.467. The maximum atomic E-state index is 12.4. The predicted molar refractivity (Wildman–Crippen MR) is 86.5 cm³/mol. The fourth-order valence-electron chi connectivity index (χ4n) is 2.38. The molecule has 4 nitrogen and oxygen atoms in total. The zero-order valence-electron chi connectivity index (χ0n) is 11.6. The van der Waals surface area contributed by atoms with Crippen molar-refractivity contribution in [1.82, 2.24) is 10.2 Å². The molecule has 2 amide bonds. The molecule has 1 saturated heterocycles. The van der Waals surface area contributed by atoms with Crippen LogP contribution in [0.5, 0.6) is 0 Å². The van der Waals surface area contributed by atoms with Crippen molar-refractivity contribution in [3.8, 4) is 0 Å². The SMILES string of the molecule is CCC(=O)NC1CCCN(C(=O)c2ccc(I)cc2)C1. The van der Waals surface area contributed by atoms with E-state index in [9.17, 15) is 9.59 Å². The molecule has 1 aliphatic rings. The van der Waals surface area contributed by atoms with Gasteiger partial charge in [-0.15, -0.1) is 0 Å². The lowest BCUT2D eigenvalue weighted by molar-refractivity contribution is -0.121. The minimum atomic E-state index is 0.0526. The second-order valence-corrected chi connectivity index (χ2v) is 6.26. The summed E-state index contributed by atoms with van der Waals surface area (Å²) >= 11 is 2.22. The minimum absolute atomic E-state index is 0.0526. The molecule has 1 aliphatic heterocycles. The Balaban J connectivity index is 1.99. The predicted octanol–water partition coefficient (Wildman–Crippen LogP) is 2.42. The normalized spacial score (nSPS) is 18.7. The van der Waals surface area contributed by atoms with E-state index in [0.29, 0.717) is 18.5 Å². The van der Waals surface area contributed by atoms with Crippen molar-refractivity contribution in [2.24, 2.45) is 0 Å². The van der Waals surface area contributed by atoms with Gasteiger partial charge in [0, 0.05) is 34.7 Å². The molecule has 1 fully saturated rings. The van der Waals surface area contributed by atoms with Crippen LogP contribution in [0.2, 0.25) is 0 Å². The molecule has 1 heterocycles. The number of likely N-dealkylation sites (tertiary alicyclic amines) is 1. The number of hydrogen-bond donors (Lipinski definition) is 1. The van der Waals surface area contributed by atoms with Crippen LogP contribution in [0.4, 0.5) is 0 Å². The van der Waals surface area contributed by atoms with Crippen molar-refractivity contribution in [3.63, 3.8) is 0 Å². The van der Waals surface area contributed by atoms with E-state index in [1.165, 1.54) is 0 Å². The van der Waals surface area contributed by atoms with Crippen molar-refractivity contribution in [3.05, 3.63) is 33.4 Å². The molecule has 0 saturated carbocycles. The summed E-state index contributed by atoms with van der Waals surface area (Å²) in [5, 5.41) is 2.98. The summed E-state index contributed by atoms with van der Waals surface area (Å²) in [6, 6.07) is 7.68. The Morgan fingerprint density at radius 3 is 2.70 bits per heavy atom. The number of carbonyl (C=O) groups is 2. The van der Waals surface area contributed by atoms with Gasteiger partial charge in [-0.05, 0) is 59.7 Å². The van der Waals surface area contributed by atoms with Gasteiger partial charge in [0.05, 0.1) is 0 Å². The van der Waals surface area contributed by atoms with Gasteiger partial charge in [0.2, 0.25) is 5.91 Å². The zero-order chi connectivity index (χ0) is 14.5. The van der Waals surface area contributed by atoms with Crippen LogP contribution in [0.1, 0.15) is 36.5 Å². The molecule has 1 aromatic carbocycles. The Morgan fingerprint density at radius 1 is 1.35 bits per heavy atom. The average Bonchev–Trinajstić information content (AvgIpc) is 2.47. The van der Waals surface area contributed by atoms with Crippen LogP contribution in [0.25, 0.3) is 0 Å². The van der Waals surface area contributed by atoms with Gasteiger partial charge in [-0.2, -0.15) is 0 Å². The molecule has 0 aromatic heterocycles. The monoisotopic (exact) mass is 386 g/mol. The molecule has 0 radical (unpaired) electrons.